The number of nitrogen functional groups attached to an aromatic ring is 1. The van der Waals surface area contributed by atoms with Crippen LogP contribution in [0.5, 0.6) is 0 Å². The number of nitrogens with one attached hydrogen (secondary N) is 4. The average Bonchev–Trinajstić information content (AvgIpc) is 3.06. The molecule has 0 saturated carbocycles. The van der Waals surface area contributed by atoms with Crippen LogP contribution in [0.2, 0.25) is 0 Å². The Labute approximate surface area is 287 Å². The zero-order chi connectivity index (χ0) is 36.5. The number of benzene rings is 3. The number of rotatable bonds is 13. The predicted molar refractivity (Wildman–Crippen MR) is 187 cm³/mol. The molecule has 3 amide bonds. The lowest BCUT2D eigenvalue weighted by Gasteiger charge is -2.18. The van der Waals surface area contributed by atoms with E-state index in [0.717, 1.165) is 17.0 Å². The molecule has 4 rings (SSSR count). The molecule has 1 heterocycles. The van der Waals surface area contributed by atoms with Crippen LogP contribution in [0.4, 0.5) is 36.5 Å². The fourth-order valence-electron chi connectivity index (χ4n) is 4.69. The molecule has 0 aliphatic heterocycles. The Kier molecular flexibility index (Phi) is 12.0. The van der Waals surface area contributed by atoms with Crippen molar-refractivity contribution in [3.63, 3.8) is 0 Å². The third-order valence-corrected chi connectivity index (χ3v) is 7.26. The van der Waals surface area contributed by atoms with Crippen LogP contribution in [0.15, 0.2) is 71.7 Å². The second-order valence-electron chi connectivity index (χ2n) is 11.9. The van der Waals surface area contributed by atoms with Crippen LogP contribution in [-0.2, 0) is 34.0 Å². The summed E-state index contributed by atoms with van der Waals surface area (Å²) in [6, 6.07) is 14.2. The van der Waals surface area contributed by atoms with E-state index in [9.17, 15) is 28.0 Å². The van der Waals surface area contributed by atoms with E-state index in [1.807, 2.05) is 13.8 Å². The number of carbonyl (C=O) groups is 3. The maximum absolute atomic E-state index is 13.9. The number of hydrogen-bond acceptors (Lipinski definition) is 9. The van der Waals surface area contributed by atoms with Crippen LogP contribution in [0, 0.1) is 23.0 Å². The van der Waals surface area contributed by atoms with Gasteiger partial charge in [-0.3, -0.25) is 24.4 Å². The number of aromatic nitrogens is 2. The van der Waals surface area contributed by atoms with Crippen molar-refractivity contribution in [1.82, 2.24) is 14.9 Å². The summed E-state index contributed by atoms with van der Waals surface area (Å²) in [5.41, 5.74) is 7.54. The quantitative estimate of drug-likeness (QED) is 0.0716. The number of hydrogen-bond donors (Lipinski definition) is 5. The summed E-state index contributed by atoms with van der Waals surface area (Å²) >= 11 is 0. The number of nitrogens with two attached hydrogens (primary N) is 1. The summed E-state index contributed by atoms with van der Waals surface area (Å²) in [5.74, 6) is -2.68. The van der Waals surface area contributed by atoms with Gasteiger partial charge in [-0.2, -0.15) is 0 Å². The summed E-state index contributed by atoms with van der Waals surface area (Å²) in [5, 5.41) is 16.2. The standard InChI is InChI=1S/C35H38F2N8O5/c1-20(2)33(47)43-25-13-23(12-24(39)14-25)30-16-41-32(42-21(3)4)34(48)44(30)17-31(46)40-15-22-8-10-26(11-9-22)45(19-38)35(49)50-18-27-28(36)6-5-7-29(27)37/h5-14,16,19-21,38H,15,17-18,39H2,1-4H3,(H,40,46)(H,41,42)(H,43,47). The minimum absolute atomic E-state index is 0.0522. The molecule has 0 bridgehead atoms. The summed E-state index contributed by atoms with van der Waals surface area (Å²) in [6.45, 7) is 6.20. The molecule has 13 nitrogen and oxygen atoms in total. The first-order chi connectivity index (χ1) is 23.8. The van der Waals surface area contributed by atoms with Crippen molar-refractivity contribution < 1.29 is 27.9 Å². The summed E-state index contributed by atoms with van der Waals surface area (Å²) in [6.07, 6.45) is 1.13. The zero-order valence-corrected chi connectivity index (χ0v) is 27.9. The minimum atomic E-state index is -1.02. The first-order valence-corrected chi connectivity index (χ1v) is 15.6. The molecule has 0 radical (unpaired) electrons. The van der Waals surface area contributed by atoms with Crippen LogP contribution in [0.1, 0.15) is 38.8 Å². The van der Waals surface area contributed by atoms with E-state index < -0.39 is 41.4 Å². The lowest BCUT2D eigenvalue weighted by molar-refractivity contribution is -0.122. The lowest BCUT2D eigenvalue weighted by Crippen LogP contribution is -2.35. The van der Waals surface area contributed by atoms with Crippen LogP contribution >= 0.6 is 0 Å². The third-order valence-electron chi connectivity index (χ3n) is 7.26. The first-order valence-electron chi connectivity index (χ1n) is 15.6. The molecule has 3 aromatic carbocycles. The van der Waals surface area contributed by atoms with E-state index in [1.165, 1.54) is 29.0 Å². The Hall–Kier alpha value is -6.12. The SMILES string of the molecule is CC(C)Nc1ncc(-c2cc(N)cc(NC(=O)C(C)C)c2)n(CC(=O)NCc2ccc(N(C=N)C(=O)OCc3c(F)cccc3F)cc2)c1=O. The molecule has 6 N–H and O–H groups in total. The van der Waals surface area contributed by atoms with Crippen LogP contribution in [0.25, 0.3) is 11.3 Å². The van der Waals surface area contributed by atoms with Crippen LogP contribution < -0.4 is 32.1 Å². The number of nitrogens with zero attached hydrogens (tertiary/aromatic N) is 3. The van der Waals surface area contributed by atoms with E-state index in [4.69, 9.17) is 15.9 Å². The van der Waals surface area contributed by atoms with Gasteiger partial charge in [0.1, 0.15) is 24.8 Å². The summed E-state index contributed by atoms with van der Waals surface area (Å²) < 4.78 is 34.1. The molecule has 0 saturated heterocycles. The first kappa shape index (κ1) is 36.7. The van der Waals surface area contributed by atoms with E-state index >= 15 is 0 Å². The summed E-state index contributed by atoms with van der Waals surface area (Å²) in [4.78, 5) is 56.8. The highest BCUT2D eigenvalue weighted by molar-refractivity contribution is 6.04. The molecule has 1 aromatic heterocycles. The molecular formula is C35H38F2N8O5. The average molecular weight is 689 g/mol. The highest BCUT2D eigenvalue weighted by Gasteiger charge is 2.19. The van der Waals surface area contributed by atoms with Crippen LogP contribution in [0.3, 0.4) is 0 Å². The molecule has 4 aromatic rings. The number of halogens is 2. The molecule has 0 aliphatic rings. The van der Waals surface area contributed by atoms with Gasteiger partial charge in [0.2, 0.25) is 11.8 Å². The highest BCUT2D eigenvalue weighted by atomic mass is 19.1. The normalized spacial score (nSPS) is 10.9. The van der Waals surface area contributed by atoms with Gasteiger partial charge < -0.3 is 26.4 Å². The molecule has 0 fully saturated rings. The van der Waals surface area contributed by atoms with Crippen LogP contribution in [-0.4, -0.2) is 39.8 Å². The second-order valence-corrected chi connectivity index (χ2v) is 11.9. The maximum Gasteiger partial charge on any atom is 0.420 e. The van der Waals surface area contributed by atoms with E-state index in [0.29, 0.717) is 34.5 Å². The summed E-state index contributed by atoms with van der Waals surface area (Å²) in [7, 11) is 0. The molecule has 262 valence electrons. The molecule has 15 heteroatoms. The fraction of sp³-hybridized carbons (Fsp3) is 0.257. The van der Waals surface area contributed by atoms with E-state index in [1.54, 1.807) is 44.2 Å². The zero-order valence-electron chi connectivity index (χ0n) is 27.9. The van der Waals surface area contributed by atoms with Crippen molar-refractivity contribution in [3.8, 4) is 11.3 Å². The van der Waals surface area contributed by atoms with Crippen molar-refractivity contribution >= 4 is 47.1 Å². The van der Waals surface area contributed by atoms with Crippen molar-refractivity contribution in [2.45, 2.75) is 53.4 Å². The lowest BCUT2D eigenvalue weighted by atomic mass is 10.1. The smallest absolute Gasteiger partial charge is 0.420 e. The maximum atomic E-state index is 13.9. The van der Waals surface area contributed by atoms with E-state index in [2.05, 4.69) is 20.9 Å². The van der Waals surface area contributed by atoms with Crippen molar-refractivity contribution in [1.29, 1.82) is 5.41 Å². The Balaban J connectivity index is 1.48. The monoisotopic (exact) mass is 688 g/mol. The third kappa shape index (κ3) is 9.27. The van der Waals surface area contributed by atoms with Gasteiger partial charge in [0.25, 0.3) is 5.56 Å². The molecule has 0 spiro atoms. The Bertz CT molecular complexity index is 1930. The Morgan fingerprint density at radius 3 is 2.34 bits per heavy atom. The van der Waals surface area contributed by atoms with E-state index in [-0.39, 0.29) is 42.5 Å². The topological polar surface area (TPSA) is 185 Å². The van der Waals surface area contributed by atoms with Crippen molar-refractivity contribution in [3.05, 3.63) is 100.0 Å². The van der Waals surface area contributed by atoms with Gasteiger partial charge in [0, 0.05) is 35.4 Å². The van der Waals surface area contributed by atoms with Gasteiger partial charge in [-0.1, -0.05) is 32.0 Å². The van der Waals surface area contributed by atoms with Gasteiger partial charge in [0.05, 0.1) is 29.5 Å². The van der Waals surface area contributed by atoms with Gasteiger partial charge >= 0.3 is 6.09 Å². The number of ether oxygens (including phenoxy) is 1. The second kappa shape index (κ2) is 16.3. The van der Waals surface area contributed by atoms with Gasteiger partial charge in [-0.15, -0.1) is 0 Å². The molecule has 0 aliphatic carbocycles. The predicted octanol–water partition coefficient (Wildman–Crippen LogP) is 5.25. The molecule has 0 unspecified atom stereocenters. The Morgan fingerprint density at radius 1 is 1.04 bits per heavy atom. The van der Waals surface area contributed by atoms with Gasteiger partial charge in [-0.25, -0.2) is 23.5 Å². The minimum Gasteiger partial charge on any atom is -0.444 e. The highest BCUT2D eigenvalue weighted by Crippen LogP contribution is 2.26. The van der Waals surface area contributed by atoms with Gasteiger partial charge in [0.15, 0.2) is 5.82 Å². The van der Waals surface area contributed by atoms with Crippen molar-refractivity contribution in [2.24, 2.45) is 5.92 Å². The fourth-order valence-corrected chi connectivity index (χ4v) is 4.69. The molecule has 0 atom stereocenters. The molecule has 50 heavy (non-hydrogen) atoms. The van der Waals surface area contributed by atoms with Crippen molar-refractivity contribution in [2.75, 3.05) is 21.3 Å². The number of carbonyl (C=O) groups excluding carboxylic acids is 3. The van der Waals surface area contributed by atoms with Gasteiger partial charge in [-0.05, 0) is 61.9 Å². The molecular weight excluding hydrogens is 650 g/mol. The number of anilines is 4. The largest absolute Gasteiger partial charge is 0.444 e. The number of amides is 3. The Morgan fingerprint density at radius 2 is 1.72 bits per heavy atom.